The minimum absolute atomic E-state index is 0. The first-order chi connectivity index (χ1) is 12.1. The number of likely N-dealkylation sites (N-methyl/N-ethyl adjacent to an activating group) is 1. The third-order valence-corrected chi connectivity index (χ3v) is 7.72. The van der Waals surface area contributed by atoms with E-state index < -0.39 is 5.60 Å². The van der Waals surface area contributed by atoms with Crippen LogP contribution in [0.25, 0.3) is 0 Å². The fourth-order valence-electron chi connectivity index (χ4n) is 6.53. The number of piperidine rings is 1. The maximum absolute atomic E-state index is 12.0. The van der Waals surface area contributed by atoms with E-state index in [0.717, 1.165) is 32.2 Å². The average Bonchev–Trinajstić information content (AvgIpc) is 3.12. The summed E-state index contributed by atoms with van der Waals surface area (Å²) >= 11 is 0. The summed E-state index contributed by atoms with van der Waals surface area (Å²) in [6, 6.07) is 8.82. The van der Waals surface area contributed by atoms with Crippen molar-refractivity contribution in [3.8, 4) is 0 Å². The number of benzene rings is 1. The van der Waals surface area contributed by atoms with Crippen molar-refractivity contribution in [3.05, 3.63) is 35.4 Å². The predicted octanol–water partition coefficient (Wildman–Crippen LogP) is 1.84. The Kier molecular flexibility index (Phi) is 3.87. The molecule has 1 aromatic carbocycles. The Balaban J connectivity index is 0.00000150. The Morgan fingerprint density at radius 2 is 1.88 bits per heavy atom. The Morgan fingerprint density at radius 1 is 1.12 bits per heavy atom. The third kappa shape index (κ3) is 1.89. The Labute approximate surface area is 171 Å². The zero-order valence-electron chi connectivity index (χ0n) is 15.0. The number of hydrogen-bond donors (Lipinski definition) is 1. The highest BCUT2D eigenvalue weighted by molar-refractivity contribution is 14.0. The molecule has 1 aromatic rings. The number of rotatable bonds is 1. The van der Waals surface area contributed by atoms with Crippen LogP contribution < -0.4 is 0 Å². The van der Waals surface area contributed by atoms with Gasteiger partial charge in [0.05, 0.1) is 24.2 Å². The van der Waals surface area contributed by atoms with Gasteiger partial charge in [-0.15, -0.1) is 24.0 Å². The quantitative estimate of drug-likeness (QED) is 0.501. The molecule has 0 amide bonds. The average molecular weight is 471 g/mol. The molecule has 5 atom stereocenters. The molecule has 0 spiro atoms. The Hall–Kier alpha value is -0.250. The van der Waals surface area contributed by atoms with E-state index in [9.17, 15) is 5.11 Å². The molecule has 5 aliphatic rings. The van der Waals surface area contributed by atoms with Crippen molar-refractivity contribution in [2.75, 3.05) is 26.8 Å². The number of likely N-dealkylation sites (tertiary alicyclic amines) is 1. The summed E-state index contributed by atoms with van der Waals surface area (Å²) in [5.41, 5.74) is 1.22. The molecule has 0 aromatic heterocycles. The smallest absolute Gasteiger partial charge is 0.189 e. The van der Waals surface area contributed by atoms with Crippen LogP contribution in [0.5, 0.6) is 0 Å². The standard InChI is InChI=1S/C20H25NO4.HI/c1-21-9-8-18-14-5-3-2-4-13(14)12-15(21)20(18,22)7-6-19(16(18)25-19)17-23-10-11-24-17;/h2-5,15-17,22H,6-12H2,1H3;1H/t15-,16-,18+,19?,20-;/m1./s1. The van der Waals surface area contributed by atoms with Gasteiger partial charge in [0.15, 0.2) is 6.29 Å². The first-order valence-electron chi connectivity index (χ1n) is 9.54. The normalized spacial score (nSPS) is 46.7. The molecule has 3 aliphatic heterocycles. The van der Waals surface area contributed by atoms with E-state index in [-0.39, 0.29) is 53.4 Å². The molecule has 142 valence electrons. The molecule has 26 heavy (non-hydrogen) atoms. The molecule has 0 radical (unpaired) electrons. The second kappa shape index (κ2) is 5.64. The number of ether oxygens (including phenoxy) is 3. The van der Waals surface area contributed by atoms with E-state index in [1.807, 2.05) is 0 Å². The van der Waals surface area contributed by atoms with Gasteiger partial charge < -0.3 is 24.2 Å². The van der Waals surface area contributed by atoms with Gasteiger partial charge in [-0.3, -0.25) is 0 Å². The Bertz CT molecular complexity index is 740. The van der Waals surface area contributed by atoms with Gasteiger partial charge in [0.25, 0.3) is 0 Å². The minimum atomic E-state index is -0.738. The van der Waals surface area contributed by atoms with Gasteiger partial charge in [0, 0.05) is 6.04 Å². The topological polar surface area (TPSA) is 54.5 Å². The molecule has 5 nitrogen and oxygen atoms in total. The van der Waals surface area contributed by atoms with E-state index in [2.05, 4.69) is 36.2 Å². The molecular weight excluding hydrogens is 445 g/mol. The van der Waals surface area contributed by atoms with Crippen LogP contribution in [-0.4, -0.2) is 66.5 Å². The lowest BCUT2D eigenvalue weighted by Crippen LogP contribution is -2.75. The van der Waals surface area contributed by atoms with E-state index >= 15 is 0 Å². The van der Waals surface area contributed by atoms with Crippen molar-refractivity contribution in [1.29, 1.82) is 0 Å². The van der Waals surface area contributed by atoms with Gasteiger partial charge in [0.1, 0.15) is 11.7 Å². The summed E-state index contributed by atoms with van der Waals surface area (Å²) in [6.07, 6.45) is 3.11. The minimum Gasteiger partial charge on any atom is -0.387 e. The van der Waals surface area contributed by atoms with Crippen LogP contribution in [0.2, 0.25) is 0 Å². The van der Waals surface area contributed by atoms with Gasteiger partial charge in [-0.2, -0.15) is 0 Å². The number of hydrogen-bond acceptors (Lipinski definition) is 5. The van der Waals surface area contributed by atoms with Crippen molar-refractivity contribution in [2.24, 2.45) is 0 Å². The molecule has 6 heteroatoms. The van der Waals surface area contributed by atoms with Gasteiger partial charge in [0.2, 0.25) is 0 Å². The lowest BCUT2D eigenvalue weighted by Gasteiger charge is -2.63. The van der Waals surface area contributed by atoms with Crippen LogP contribution in [0, 0.1) is 0 Å². The van der Waals surface area contributed by atoms with E-state index in [1.54, 1.807) is 0 Å². The van der Waals surface area contributed by atoms with Gasteiger partial charge in [-0.25, -0.2) is 0 Å². The summed E-state index contributed by atoms with van der Waals surface area (Å²) in [4.78, 5) is 2.35. The van der Waals surface area contributed by atoms with Crippen molar-refractivity contribution in [3.63, 3.8) is 0 Å². The SMILES string of the molecule is CN1CC[C@@]23c4ccccc4C[C@@H]1[C@]2(O)CCC1(C2OCCO2)O[C@@H]13.I. The lowest BCUT2D eigenvalue weighted by atomic mass is 9.48. The monoisotopic (exact) mass is 471 g/mol. The zero-order chi connectivity index (χ0) is 16.9. The molecule has 6 rings (SSSR count). The molecule has 1 N–H and O–H groups in total. The lowest BCUT2D eigenvalue weighted by molar-refractivity contribution is -0.172. The highest BCUT2D eigenvalue weighted by Gasteiger charge is 2.81. The molecule has 2 aliphatic carbocycles. The number of aliphatic hydroxyl groups is 1. The van der Waals surface area contributed by atoms with E-state index in [1.165, 1.54) is 11.1 Å². The first kappa shape index (κ1) is 17.8. The second-order valence-corrected chi connectivity index (χ2v) is 8.53. The van der Waals surface area contributed by atoms with Crippen molar-refractivity contribution in [1.82, 2.24) is 4.90 Å². The van der Waals surface area contributed by atoms with E-state index in [4.69, 9.17) is 14.2 Å². The molecule has 3 heterocycles. The molecule has 2 bridgehead atoms. The largest absolute Gasteiger partial charge is 0.387 e. The Morgan fingerprint density at radius 3 is 2.69 bits per heavy atom. The van der Waals surface area contributed by atoms with Crippen LogP contribution in [0.15, 0.2) is 24.3 Å². The summed E-state index contributed by atoms with van der Waals surface area (Å²) in [5.74, 6) is 0. The summed E-state index contributed by atoms with van der Waals surface area (Å²) in [6.45, 7) is 2.27. The van der Waals surface area contributed by atoms with Crippen molar-refractivity contribution >= 4 is 24.0 Å². The van der Waals surface area contributed by atoms with E-state index in [0.29, 0.717) is 13.2 Å². The summed E-state index contributed by atoms with van der Waals surface area (Å²) < 4.78 is 18.1. The van der Waals surface area contributed by atoms with Gasteiger partial charge >= 0.3 is 0 Å². The maximum Gasteiger partial charge on any atom is 0.189 e. The van der Waals surface area contributed by atoms with Gasteiger partial charge in [-0.05, 0) is 50.4 Å². The second-order valence-electron chi connectivity index (χ2n) is 8.53. The summed E-state index contributed by atoms with van der Waals surface area (Å²) in [5, 5.41) is 12.0. The van der Waals surface area contributed by atoms with Crippen LogP contribution >= 0.6 is 24.0 Å². The molecular formula is C20H26INO4. The number of fused-ring (bicyclic) bond motifs is 2. The molecule has 3 saturated heterocycles. The van der Waals surface area contributed by atoms with Gasteiger partial charge in [-0.1, -0.05) is 24.3 Å². The highest BCUT2D eigenvalue weighted by Crippen LogP contribution is 2.68. The number of epoxide rings is 1. The number of nitrogens with zero attached hydrogens (tertiary/aromatic N) is 1. The fourth-order valence-corrected chi connectivity index (χ4v) is 6.53. The number of halogens is 1. The highest BCUT2D eigenvalue weighted by atomic mass is 127. The van der Waals surface area contributed by atoms with Crippen LogP contribution in [-0.2, 0) is 26.0 Å². The van der Waals surface area contributed by atoms with Crippen LogP contribution in [0.3, 0.4) is 0 Å². The fraction of sp³-hybridized carbons (Fsp3) is 0.700. The first-order valence-corrected chi connectivity index (χ1v) is 9.54. The van der Waals surface area contributed by atoms with Crippen LogP contribution in [0.1, 0.15) is 30.4 Å². The van der Waals surface area contributed by atoms with Crippen molar-refractivity contribution < 1.29 is 19.3 Å². The maximum atomic E-state index is 12.0. The molecule has 1 saturated carbocycles. The summed E-state index contributed by atoms with van der Waals surface area (Å²) in [7, 11) is 2.15. The predicted molar refractivity (Wildman–Crippen MR) is 106 cm³/mol. The molecule has 4 fully saturated rings. The molecule has 1 unspecified atom stereocenters. The van der Waals surface area contributed by atoms with Crippen molar-refractivity contribution in [2.45, 2.75) is 60.7 Å². The van der Waals surface area contributed by atoms with Crippen LogP contribution in [0.4, 0.5) is 0 Å². The third-order valence-electron chi connectivity index (χ3n) is 7.72. The zero-order valence-corrected chi connectivity index (χ0v) is 17.3.